The summed E-state index contributed by atoms with van der Waals surface area (Å²) in [6.07, 6.45) is 1.97. The monoisotopic (exact) mass is 415 g/mol. The molecule has 0 saturated carbocycles. The van der Waals surface area contributed by atoms with Crippen LogP contribution in [-0.2, 0) is 11.3 Å². The van der Waals surface area contributed by atoms with Gasteiger partial charge in [-0.25, -0.2) is 4.98 Å². The van der Waals surface area contributed by atoms with Crippen LogP contribution in [0.1, 0.15) is 38.1 Å². The van der Waals surface area contributed by atoms with E-state index in [4.69, 9.17) is 18.9 Å². The topological polar surface area (TPSA) is 68.0 Å². The normalized spacial score (nSPS) is 17.0. The summed E-state index contributed by atoms with van der Waals surface area (Å²) >= 11 is 0. The fourth-order valence-corrected chi connectivity index (χ4v) is 4.08. The Labute approximate surface area is 179 Å². The largest absolute Gasteiger partial charge is 0.497 e. The van der Waals surface area contributed by atoms with Crippen molar-refractivity contribution in [2.24, 2.45) is 5.92 Å². The van der Waals surface area contributed by atoms with Gasteiger partial charge in [-0.2, -0.15) is 0 Å². The smallest absolute Gasteiger partial charge is 0.230 e. The summed E-state index contributed by atoms with van der Waals surface area (Å²) in [7, 11) is 3.26. The molecular formula is C23H33N3O4. The molecule has 1 aromatic carbocycles. The van der Waals surface area contributed by atoms with Crippen LogP contribution >= 0.6 is 0 Å². The van der Waals surface area contributed by atoms with E-state index in [-0.39, 0.29) is 11.8 Å². The van der Waals surface area contributed by atoms with E-state index >= 15 is 0 Å². The van der Waals surface area contributed by atoms with Crippen molar-refractivity contribution in [2.45, 2.75) is 40.2 Å². The predicted octanol–water partition coefficient (Wildman–Crippen LogP) is 3.75. The number of oxazole rings is 1. The van der Waals surface area contributed by atoms with E-state index in [9.17, 15) is 4.79 Å². The number of amides is 1. The maximum atomic E-state index is 12.8. The lowest BCUT2D eigenvalue weighted by Crippen LogP contribution is -2.44. The Balaban J connectivity index is 1.76. The van der Waals surface area contributed by atoms with Crippen molar-refractivity contribution < 1.29 is 18.7 Å². The van der Waals surface area contributed by atoms with Gasteiger partial charge in [-0.3, -0.25) is 9.69 Å². The maximum absolute atomic E-state index is 12.8. The molecule has 7 nitrogen and oxygen atoms in total. The lowest BCUT2D eigenvalue weighted by atomic mass is 9.96. The number of piperidine rings is 1. The van der Waals surface area contributed by atoms with Crippen LogP contribution in [0.5, 0.6) is 11.5 Å². The highest BCUT2D eigenvalue weighted by molar-refractivity contribution is 5.79. The van der Waals surface area contributed by atoms with Gasteiger partial charge in [-0.15, -0.1) is 0 Å². The SMILES string of the molecule is CCN(CC)C(=O)[C@H]1CCCN(Cc2nc(-c3cc(OC)ccc3OC)oc2C)C1. The number of hydrogen-bond donors (Lipinski definition) is 0. The summed E-state index contributed by atoms with van der Waals surface area (Å²) in [5, 5.41) is 0. The highest BCUT2D eigenvalue weighted by atomic mass is 16.5. The number of hydrogen-bond acceptors (Lipinski definition) is 6. The molecule has 1 aliphatic rings. The number of carbonyl (C=O) groups is 1. The first-order valence-corrected chi connectivity index (χ1v) is 10.7. The predicted molar refractivity (Wildman–Crippen MR) is 116 cm³/mol. The number of ether oxygens (including phenoxy) is 2. The zero-order valence-corrected chi connectivity index (χ0v) is 18.7. The summed E-state index contributed by atoms with van der Waals surface area (Å²) in [6.45, 7) is 9.93. The standard InChI is InChI=1S/C23H33N3O4/c1-6-26(7-2)23(27)17-9-8-12-25(14-17)15-20-16(3)30-22(24-20)19-13-18(28-4)10-11-21(19)29-5/h10-11,13,17H,6-9,12,14-15H2,1-5H3/t17-/m0/s1. The highest BCUT2D eigenvalue weighted by Crippen LogP contribution is 2.34. The molecule has 0 N–H and O–H groups in total. The fraction of sp³-hybridized carbons (Fsp3) is 0.565. The number of aryl methyl sites for hydroxylation is 1. The van der Waals surface area contributed by atoms with Gasteiger partial charge in [0, 0.05) is 26.2 Å². The number of benzene rings is 1. The van der Waals surface area contributed by atoms with Crippen molar-refractivity contribution in [3.63, 3.8) is 0 Å². The quantitative estimate of drug-likeness (QED) is 0.654. The fourth-order valence-electron chi connectivity index (χ4n) is 4.08. The average Bonchev–Trinajstić information content (AvgIpc) is 3.14. The minimum Gasteiger partial charge on any atom is -0.497 e. The van der Waals surface area contributed by atoms with Crippen molar-refractivity contribution in [2.75, 3.05) is 40.4 Å². The third-order valence-electron chi connectivity index (χ3n) is 5.83. The molecule has 2 heterocycles. The van der Waals surface area contributed by atoms with E-state index in [1.54, 1.807) is 14.2 Å². The van der Waals surface area contributed by atoms with Crippen molar-refractivity contribution >= 4 is 5.91 Å². The third kappa shape index (κ3) is 4.78. The molecule has 0 bridgehead atoms. The first-order valence-electron chi connectivity index (χ1n) is 10.7. The van der Waals surface area contributed by atoms with Gasteiger partial charge in [0.1, 0.15) is 17.3 Å². The zero-order valence-electron chi connectivity index (χ0n) is 18.7. The molecule has 164 valence electrons. The minimum atomic E-state index is 0.0591. The van der Waals surface area contributed by atoms with Gasteiger partial charge in [-0.1, -0.05) is 0 Å². The van der Waals surface area contributed by atoms with Crippen LogP contribution in [0.3, 0.4) is 0 Å². The van der Waals surface area contributed by atoms with Crippen LogP contribution in [0.15, 0.2) is 22.6 Å². The van der Waals surface area contributed by atoms with E-state index in [1.807, 2.05) is 43.9 Å². The van der Waals surface area contributed by atoms with Gasteiger partial charge in [0.25, 0.3) is 0 Å². The first-order chi connectivity index (χ1) is 14.5. The number of aromatic nitrogens is 1. The molecule has 2 aromatic rings. The highest BCUT2D eigenvalue weighted by Gasteiger charge is 2.29. The Morgan fingerprint density at radius 3 is 2.70 bits per heavy atom. The van der Waals surface area contributed by atoms with E-state index in [0.29, 0.717) is 18.2 Å². The van der Waals surface area contributed by atoms with E-state index in [1.165, 1.54) is 0 Å². The van der Waals surface area contributed by atoms with Gasteiger partial charge < -0.3 is 18.8 Å². The number of rotatable bonds is 8. The lowest BCUT2D eigenvalue weighted by Gasteiger charge is -2.34. The van der Waals surface area contributed by atoms with Crippen molar-refractivity contribution in [3.05, 3.63) is 29.7 Å². The Kier molecular flexibility index (Phi) is 7.37. The van der Waals surface area contributed by atoms with Gasteiger partial charge in [0.2, 0.25) is 11.8 Å². The molecule has 0 aliphatic carbocycles. The van der Waals surface area contributed by atoms with Gasteiger partial charge in [0.05, 0.1) is 31.4 Å². The Morgan fingerprint density at radius 2 is 2.03 bits per heavy atom. The van der Waals surface area contributed by atoms with E-state index < -0.39 is 0 Å². The van der Waals surface area contributed by atoms with Gasteiger partial charge >= 0.3 is 0 Å². The number of nitrogens with zero attached hydrogens (tertiary/aromatic N) is 3. The van der Waals surface area contributed by atoms with Crippen LogP contribution < -0.4 is 9.47 Å². The third-order valence-corrected chi connectivity index (χ3v) is 5.83. The summed E-state index contributed by atoms with van der Waals surface area (Å²) in [5.74, 6) is 3.04. The van der Waals surface area contributed by atoms with E-state index in [0.717, 1.165) is 61.8 Å². The van der Waals surface area contributed by atoms with Crippen molar-refractivity contribution in [1.82, 2.24) is 14.8 Å². The molecule has 3 rings (SSSR count). The molecule has 7 heteroatoms. The number of likely N-dealkylation sites (tertiary alicyclic amines) is 1. The lowest BCUT2D eigenvalue weighted by molar-refractivity contribution is -0.137. The van der Waals surface area contributed by atoms with E-state index in [2.05, 4.69) is 4.90 Å². The van der Waals surface area contributed by atoms with Crippen molar-refractivity contribution in [1.29, 1.82) is 0 Å². The van der Waals surface area contributed by atoms with Crippen LogP contribution in [0.4, 0.5) is 0 Å². The Morgan fingerprint density at radius 1 is 1.27 bits per heavy atom. The van der Waals surface area contributed by atoms with Crippen LogP contribution in [0.2, 0.25) is 0 Å². The average molecular weight is 416 g/mol. The molecule has 1 amide bonds. The Hall–Kier alpha value is -2.54. The molecule has 30 heavy (non-hydrogen) atoms. The van der Waals surface area contributed by atoms with Gasteiger partial charge in [-0.05, 0) is 58.4 Å². The molecule has 1 aromatic heterocycles. The molecule has 1 saturated heterocycles. The van der Waals surface area contributed by atoms with Crippen molar-refractivity contribution in [3.8, 4) is 23.0 Å². The Bertz CT molecular complexity index is 860. The second kappa shape index (κ2) is 9.98. The van der Waals surface area contributed by atoms with Crippen LogP contribution in [-0.4, -0.2) is 61.1 Å². The molecule has 1 aliphatic heterocycles. The van der Waals surface area contributed by atoms with Crippen LogP contribution in [0.25, 0.3) is 11.5 Å². The number of methoxy groups -OCH3 is 2. The zero-order chi connectivity index (χ0) is 21.7. The molecule has 0 radical (unpaired) electrons. The summed E-state index contributed by atoms with van der Waals surface area (Å²) < 4.78 is 16.8. The molecule has 1 fully saturated rings. The van der Waals surface area contributed by atoms with Gasteiger partial charge in [0.15, 0.2) is 0 Å². The summed E-state index contributed by atoms with van der Waals surface area (Å²) in [5.41, 5.74) is 1.66. The number of carbonyl (C=O) groups excluding carboxylic acids is 1. The second-order valence-corrected chi connectivity index (χ2v) is 7.67. The molecular weight excluding hydrogens is 382 g/mol. The summed E-state index contributed by atoms with van der Waals surface area (Å²) in [6, 6.07) is 5.56. The molecule has 0 spiro atoms. The first kappa shape index (κ1) is 22.2. The maximum Gasteiger partial charge on any atom is 0.230 e. The van der Waals surface area contributed by atoms with Crippen LogP contribution in [0, 0.1) is 12.8 Å². The summed E-state index contributed by atoms with van der Waals surface area (Å²) in [4.78, 5) is 21.8. The second-order valence-electron chi connectivity index (χ2n) is 7.67. The molecule has 1 atom stereocenters. The minimum absolute atomic E-state index is 0.0591. The molecule has 0 unspecified atom stereocenters.